The summed E-state index contributed by atoms with van der Waals surface area (Å²) in [6.45, 7) is 2.19. The molecule has 0 aromatic rings. The standard InChI is InChI=1S/C10H17ClO2/c1-8-2-4-10(5-3-8,6-7-11)9(12)13/h8H,2-7H2,1H3,(H,12,13). The zero-order chi connectivity index (χ0) is 9.90. The Morgan fingerprint density at radius 1 is 1.54 bits per heavy atom. The lowest BCUT2D eigenvalue weighted by Gasteiger charge is -2.35. The van der Waals surface area contributed by atoms with Crippen LogP contribution in [0, 0.1) is 11.3 Å². The lowest BCUT2D eigenvalue weighted by molar-refractivity contribution is -0.151. The normalized spacial score (nSPS) is 34.5. The summed E-state index contributed by atoms with van der Waals surface area (Å²) < 4.78 is 0. The molecule has 0 unspecified atom stereocenters. The third kappa shape index (κ3) is 2.37. The van der Waals surface area contributed by atoms with E-state index in [2.05, 4.69) is 6.92 Å². The van der Waals surface area contributed by atoms with Crippen LogP contribution in [0.4, 0.5) is 0 Å². The first-order valence-electron chi connectivity index (χ1n) is 4.90. The van der Waals surface area contributed by atoms with Crippen molar-refractivity contribution in [3.8, 4) is 0 Å². The van der Waals surface area contributed by atoms with E-state index in [1.165, 1.54) is 0 Å². The Bertz CT molecular complexity index is 183. The van der Waals surface area contributed by atoms with Gasteiger partial charge < -0.3 is 5.11 Å². The smallest absolute Gasteiger partial charge is 0.309 e. The number of carboxylic acids is 1. The van der Waals surface area contributed by atoms with Crippen molar-refractivity contribution in [2.24, 2.45) is 11.3 Å². The van der Waals surface area contributed by atoms with Crippen LogP contribution < -0.4 is 0 Å². The van der Waals surface area contributed by atoms with Gasteiger partial charge in [0.05, 0.1) is 5.41 Å². The maximum absolute atomic E-state index is 11.1. The fourth-order valence-corrected chi connectivity index (χ4v) is 2.43. The largest absolute Gasteiger partial charge is 0.481 e. The molecule has 0 radical (unpaired) electrons. The summed E-state index contributed by atoms with van der Waals surface area (Å²) in [6, 6.07) is 0. The quantitative estimate of drug-likeness (QED) is 0.718. The van der Waals surface area contributed by atoms with Crippen LogP contribution in [0.25, 0.3) is 0 Å². The van der Waals surface area contributed by atoms with Gasteiger partial charge in [-0.25, -0.2) is 0 Å². The van der Waals surface area contributed by atoms with Crippen molar-refractivity contribution in [2.75, 3.05) is 5.88 Å². The SMILES string of the molecule is CC1CCC(CCCl)(C(=O)O)CC1. The molecule has 1 fully saturated rings. The summed E-state index contributed by atoms with van der Waals surface area (Å²) in [5.74, 6) is 0.489. The fraction of sp³-hybridized carbons (Fsp3) is 0.900. The summed E-state index contributed by atoms with van der Waals surface area (Å²) in [6.07, 6.45) is 4.29. The molecule has 1 N–H and O–H groups in total. The molecule has 0 atom stereocenters. The zero-order valence-electron chi connectivity index (χ0n) is 8.05. The molecular formula is C10H17ClO2. The van der Waals surface area contributed by atoms with Crippen molar-refractivity contribution < 1.29 is 9.90 Å². The van der Waals surface area contributed by atoms with Gasteiger partial charge in [-0.2, -0.15) is 0 Å². The summed E-state index contributed by atoms with van der Waals surface area (Å²) in [5, 5.41) is 9.15. The topological polar surface area (TPSA) is 37.3 Å². The maximum atomic E-state index is 11.1. The fourth-order valence-electron chi connectivity index (χ4n) is 2.07. The van der Waals surface area contributed by atoms with Gasteiger partial charge in [0.1, 0.15) is 0 Å². The van der Waals surface area contributed by atoms with Crippen LogP contribution >= 0.6 is 11.6 Å². The van der Waals surface area contributed by atoms with Gasteiger partial charge in [0.25, 0.3) is 0 Å². The first-order valence-corrected chi connectivity index (χ1v) is 5.43. The number of rotatable bonds is 3. The third-order valence-corrected chi connectivity index (χ3v) is 3.45. The number of alkyl halides is 1. The van der Waals surface area contributed by atoms with E-state index < -0.39 is 11.4 Å². The molecule has 0 aromatic carbocycles. The molecule has 1 saturated carbocycles. The van der Waals surface area contributed by atoms with Gasteiger partial charge >= 0.3 is 5.97 Å². The molecule has 1 aliphatic rings. The second-order valence-electron chi connectivity index (χ2n) is 4.21. The van der Waals surface area contributed by atoms with Gasteiger partial charge in [0.2, 0.25) is 0 Å². The zero-order valence-corrected chi connectivity index (χ0v) is 8.81. The van der Waals surface area contributed by atoms with E-state index in [0.29, 0.717) is 18.2 Å². The maximum Gasteiger partial charge on any atom is 0.309 e. The van der Waals surface area contributed by atoms with Crippen LogP contribution in [0.15, 0.2) is 0 Å². The summed E-state index contributed by atoms with van der Waals surface area (Å²) in [4.78, 5) is 11.1. The van der Waals surface area contributed by atoms with E-state index in [1.54, 1.807) is 0 Å². The molecule has 0 amide bonds. The Morgan fingerprint density at radius 3 is 2.46 bits per heavy atom. The molecule has 3 heteroatoms. The van der Waals surface area contributed by atoms with E-state index in [4.69, 9.17) is 16.7 Å². The van der Waals surface area contributed by atoms with Crippen molar-refractivity contribution in [3.63, 3.8) is 0 Å². The van der Waals surface area contributed by atoms with Crippen LogP contribution in [0.1, 0.15) is 39.0 Å². The van der Waals surface area contributed by atoms with Crippen LogP contribution in [-0.2, 0) is 4.79 Å². The van der Waals surface area contributed by atoms with E-state index in [9.17, 15) is 4.79 Å². The predicted octanol–water partition coefficient (Wildman–Crippen LogP) is 2.90. The molecule has 76 valence electrons. The molecule has 0 heterocycles. The predicted molar refractivity (Wildman–Crippen MR) is 53.0 cm³/mol. The minimum atomic E-state index is -0.653. The van der Waals surface area contributed by atoms with Gasteiger partial charge in [-0.05, 0) is 38.0 Å². The molecule has 0 bridgehead atoms. The monoisotopic (exact) mass is 204 g/mol. The first kappa shape index (κ1) is 10.8. The average Bonchev–Trinajstić information content (AvgIpc) is 2.09. The number of aliphatic carboxylic acids is 1. The minimum Gasteiger partial charge on any atom is -0.481 e. The third-order valence-electron chi connectivity index (χ3n) is 3.26. The van der Waals surface area contributed by atoms with Gasteiger partial charge in [-0.15, -0.1) is 11.6 Å². The average molecular weight is 205 g/mol. The Kier molecular flexibility index (Phi) is 3.60. The number of hydrogen-bond acceptors (Lipinski definition) is 1. The Balaban J connectivity index is 2.63. The second kappa shape index (κ2) is 4.32. The van der Waals surface area contributed by atoms with Gasteiger partial charge in [-0.1, -0.05) is 6.92 Å². The Labute approximate surface area is 84.3 Å². The number of hydrogen-bond donors (Lipinski definition) is 1. The van der Waals surface area contributed by atoms with E-state index in [1.807, 2.05) is 0 Å². The van der Waals surface area contributed by atoms with Crippen LogP contribution in [0.3, 0.4) is 0 Å². The summed E-state index contributed by atoms with van der Waals surface area (Å²) in [7, 11) is 0. The van der Waals surface area contributed by atoms with Gasteiger partial charge in [0.15, 0.2) is 0 Å². The highest BCUT2D eigenvalue weighted by atomic mass is 35.5. The molecule has 1 aliphatic carbocycles. The highest BCUT2D eigenvalue weighted by molar-refractivity contribution is 6.18. The van der Waals surface area contributed by atoms with Crippen molar-refractivity contribution in [2.45, 2.75) is 39.0 Å². The molecule has 0 aliphatic heterocycles. The molecule has 2 nitrogen and oxygen atoms in total. The highest BCUT2D eigenvalue weighted by Gasteiger charge is 2.40. The molecule has 0 aromatic heterocycles. The first-order chi connectivity index (χ1) is 6.10. The molecule has 1 rings (SSSR count). The van der Waals surface area contributed by atoms with Crippen molar-refractivity contribution in [1.29, 1.82) is 0 Å². The van der Waals surface area contributed by atoms with Crippen molar-refractivity contribution >= 4 is 17.6 Å². The van der Waals surface area contributed by atoms with E-state index in [-0.39, 0.29) is 0 Å². The Hall–Kier alpha value is -0.240. The molecule has 0 spiro atoms. The Morgan fingerprint density at radius 2 is 2.08 bits per heavy atom. The number of carboxylic acid groups (broad SMARTS) is 1. The van der Waals surface area contributed by atoms with Crippen molar-refractivity contribution in [1.82, 2.24) is 0 Å². The van der Waals surface area contributed by atoms with E-state index in [0.717, 1.165) is 25.7 Å². The second-order valence-corrected chi connectivity index (χ2v) is 4.58. The molecule has 13 heavy (non-hydrogen) atoms. The van der Waals surface area contributed by atoms with E-state index >= 15 is 0 Å². The van der Waals surface area contributed by atoms with Crippen LogP contribution in [-0.4, -0.2) is 17.0 Å². The van der Waals surface area contributed by atoms with Crippen LogP contribution in [0.5, 0.6) is 0 Å². The molecule has 0 saturated heterocycles. The van der Waals surface area contributed by atoms with Gasteiger partial charge in [0, 0.05) is 5.88 Å². The van der Waals surface area contributed by atoms with Crippen molar-refractivity contribution in [3.05, 3.63) is 0 Å². The lowest BCUT2D eigenvalue weighted by atomic mass is 9.69. The number of halogens is 1. The minimum absolute atomic E-state index is 0.459. The summed E-state index contributed by atoms with van der Waals surface area (Å²) >= 11 is 5.64. The number of carbonyl (C=O) groups is 1. The van der Waals surface area contributed by atoms with Crippen LogP contribution in [0.2, 0.25) is 0 Å². The van der Waals surface area contributed by atoms with Gasteiger partial charge in [-0.3, -0.25) is 4.79 Å². The molecular weight excluding hydrogens is 188 g/mol. The summed E-state index contributed by atoms with van der Waals surface area (Å²) in [5.41, 5.74) is -0.506. The highest BCUT2D eigenvalue weighted by Crippen LogP contribution is 2.41. The lowest BCUT2D eigenvalue weighted by Crippen LogP contribution is -2.35.